The Hall–Kier alpha value is -0.0800. The highest BCUT2D eigenvalue weighted by Gasteiger charge is 2.28. The molecule has 2 unspecified atom stereocenters. The summed E-state index contributed by atoms with van der Waals surface area (Å²) in [6.45, 7) is 6.09. The van der Waals surface area contributed by atoms with Crippen molar-refractivity contribution in [3.8, 4) is 0 Å². The first kappa shape index (κ1) is 11.4. The summed E-state index contributed by atoms with van der Waals surface area (Å²) in [4.78, 5) is 2.77. The minimum Gasteiger partial charge on any atom is -0.314 e. The van der Waals surface area contributed by atoms with Crippen LogP contribution in [0.2, 0.25) is 0 Å². The van der Waals surface area contributed by atoms with E-state index in [-0.39, 0.29) is 0 Å². The second-order valence-corrected chi connectivity index (χ2v) is 5.17. The van der Waals surface area contributed by atoms with Crippen molar-refractivity contribution in [1.29, 1.82) is 0 Å². The average Bonchev–Trinajstić information content (AvgIpc) is 2.53. The molecule has 1 aliphatic heterocycles. The third-order valence-electron chi connectivity index (χ3n) is 4.05. The first-order chi connectivity index (χ1) is 7.40. The van der Waals surface area contributed by atoms with Gasteiger partial charge in [-0.25, -0.2) is 0 Å². The predicted molar refractivity (Wildman–Crippen MR) is 65.1 cm³/mol. The summed E-state index contributed by atoms with van der Waals surface area (Å²) in [6, 6.07) is 1.70. The minimum atomic E-state index is 0.809. The zero-order chi connectivity index (χ0) is 10.5. The normalized spacial score (nSPS) is 34.2. The molecular weight excluding hydrogens is 184 g/mol. The number of nitrogens with one attached hydrogen (secondary N) is 1. The van der Waals surface area contributed by atoms with Gasteiger partial charge in [-0.1, -0.05) is 19.8 Å². The molecule has 0 aromatic rings. The van der Waals surface area contributed by atoms with Gasteiger partial charge in [0, 0.05) is 12.1 Å². The van der Waals surface area contributed by atoms with Crippen molar-refractivity contribution in [2.75, 3.05) is 19.6 Å². The Morgan fingerprint density at radius 2 is 1.80 bits per heavy atom. The molecule has 1 aliphatic carbocycles. The molecule has 2 nitrogen and oxygen atoms in total. The van der Waals surface area contributed by atoms with Crippen molar-refractivity contribution in [2.24, 2.45) is 0 Å². The molecule has 1 saturated heterocycles. The van der Waals surface area contributed by atoms with Crippen LogP contribution in [0.1, 0.15) is 51.9 Å². The first-order valence-corrected chi connectivity index (χ1v) is 6.87. The molecule has 0 spiro atoms. The molecule has 2 fully saturated rings. The molecule has 15 heavy (non-hydrogen) atoms. The van der Waals surface area contributed by atoms with Crippen molar-refractivity contribution in [2.45, 2.75) is 64.0 Å². The number of hydrogen-bond donors (Lipinski definition) is 1. The van der Waals surface area contributed by atoms with Gasteiger partial charge in [0.2, 0.25) is 0 Å². The second kappa shape index (κ2) is 5.86. The highest BCUT2D eigenvalue weighted by Crippen LogP contribution is 2.26. The quantitative estimate of drug-likeness (QED) is 0.769. The van der Waals surface area contributed by atoms with Crippen LogP contribution in [0.4, 0.5) is 0 Å². The summed E-state index contributed by atoms with van der Waals surface area (Å²) >= 11 is 0. The molecule has 2 aliphatic rings. The van der Waals surface area contributed by atoms with Gasteiger partial charge in [0.15, 0.2) is 0 Å². The molecule has 0 bridgehead atoms. The SMILES string of the molecule is CCNC1CCC(N2CCCCCC2)C1. The van der Waals surface area contributed by atoms with E-state index in [9.17, 15) is 0 Å². The van der Waals surface area contributed by atoms with Gasteiger partial charge in [-0.3, -0.25) is 0 Å². The third kappa shape index (κ3) is 3.18. The second-order valence-electron chi connectivity index (χ2n) is 5.17. The molecule has 1 heterocycles. The summed E-state index contributed by atoms with van der Waals surface area (Å²) in [5.41, 5.74) is 0. The van der Waals surface area contributed by atoms with Gasteiger partial charge in [-0.2, -0.15) is 0 Å². The Morgan fingerprint density at radius 1 is 1.07 bits per heavy atom. The van der Waals surface area contributed by atoms with E-state index >= 15 is 0 Å². The zero-order valence-corrected chi connectivity index (χ0v) is 10.2. The molecular formula is C13H26N2. The molecule has 0 amide bonds. The molecule has 0 aromatic carbocycles. The summed E-state index contributed by atoms with van der Waals surface area (Å²) in [7, 11) is 0. The van der Waals surface area contributed by atoms with Gasteiger partial charge in [-0.05, 0) is 51.7 Å². The molecule has 88 valence electrons. The number of nitrogens with zero attached hydrogens (tertiary/aromatic N) is 1. The average molecular weight is 210 g/mol. The lowest BCUT2D eigenvalue weighted by Gasteiger charge is -2.27. The van der Waals surface area contributed by atoms with Crippen molar-refractivity contribution >= 4 is 0 Å². The highest BCUT2D eigenvalue weighted by molar-refractivity contribution is 4.87. The smallest absolute Gasteiger partial charge is 0.0111 e. The summed E-state index contributed by atoms with van der Waals surface area (Å²) in [5, 5.41) is 3.60. The highest BCUT2D eigenvalue weighted by atomic mass is 15.2. The standard InChI is InChI=1S/C13H26N2/c1-2-14-12-7-8-13(11-12)15-9-5-3-4-6-10-15/h12-14H,2-11H2,1H3. The van der Waals surface area contributed by atoms with Crippen LogP contribution in [-0.4, -0.2) is 36.6 Å². The van der Waals surface area contributed by atoms with Crippen LogP contribution in [0.15, 0.2) is 0 Å². The summed E-state index contributed by atoms with van der Waals surface area (Å²) < 4.78 is 0. The largest absolute Gasteiger partial charge is 0.314 e. The molecule has 2 atom stereocenters. The van der Waals surface area contributed by atoms with Gasteiger partial charge < -0.3 is 10.2 Å². The fourth-order valence-electron chi connectivity index (χ4n) is 3.22. The van der Waals surface area contributed by atoms with Gasteiger partial charge in [0.25, 0.3) is 0 Å². The summed E-state index contributed by atoms with van der Waals surface area (Å²) in [6.07, 6.45) is 10.0. The topological polar surface area (TPSA) is 15.3 Å². The number of likely N-dealkylation sites (tertiary alicyclic amines) is 1. The van der Waals surface area contributed by atoms with E-state index in [0.717, 1.165) is 18.6 Å². The lowest BCUT2D eigenvalue weighted by molar-refractivity contribution is 0.203. The van der Waals surface area contributed by atoms with Crippen molar-refractivity contribution in [3.05, 3.63) is 0 Å². The number of hydrogen-bond acceptors (Lipinski definition) is 2. The van der Waals surface area contributed by atoms with Crippen molar-refractivity contribution < 1.29 is 0 Å². The molecule has 1 N–H and O–H groups in total. The van der Waals surface area contributed by atoms with Crippen LogP contribution in [0.25, 0.3) is 0 Å². The molecule has 2 heteroatoms. The lowest BCUT2D eigenvalue weighted by Crippen LogP contribution is -2.36. The van der Waals surface area contributed by atoms with E-state index in [1.54, 1.807) is 0 Å². The van der Waals surface area contributed by atoms with Gasteiger partial charge >= 0.3 is 0 Å². The van der Waals surface area contributed by atoms with E-state index in [0.29, 0.717) is 0 Å². The van der Waals surface area contributed by atoms with Crippen LogP contribution in [0.5, 0.6) is 0 Å². The van der Waals surface area contributed by atoms with Crippen LogP contribution in [0.3, 0.4) is 0 Å². The maximum absolute atomic E-state index is 3.60. The van der Waals surface area contributed by atoms with E-state index in [1.165, 1.54) is 58.0 Å². The Bertz CT molecular complexity index is 173. The first-order valence-electron chi connectivity index (χ1n) is 6.87. The summed E-state index contributed by atoms with van der Waals surface area (Å²) in [5.74, 6) is 0. The van der Waals surface area contributed by atoms with Gasteiger partial charge in [-0.15, -0.1) is 0 Å². The molecule has 0 radical (unpaired) electrons. The van der Waals surface area contributed by atoms with Crippen LogP contribution in [-0.2, 0) is 0 Å². The maximum atomic E-state index is 3.60. The molecule has 2 rings (SSSR count). The Morgan fingerprint density at radius 3 is 2.47 bits per heavy atom. The Kier molecular flexibility index (Phi) is 4.45. The number of rotatable bonds is 3. The van der Waals surface area contributed by atoms with Crippen molar-refractivity contribution in [3.63, 3.8) is 0 Å². The zero-order valence-electron chi connectivity index (χ0n) is 10.2. The van der Waals surface area contributed by atoms with Crippen molar-refractivity contribution in [1.82, 2.24) is 10.2 Å². The van der Waals surface area contributed by atoms with Crippen LogP contribution < -0.4 is 5.32 Å². The predicted octanol–water partition coefficient (Wildman–Crippen LogP) is 2.39. The Labute approximate surface area is 94.4 Å². The van der Waals surface area contributed by atoms with E-state index in [2.05, 4.69) is 17.1 Å². The molecule has 1 saturated carbocycles. The molecule has 0 aromatic heterocycles. The fourth-order valence-corrected chi connectivity index (χ4v) is 3.22. The van der Waals surface area contributed by atoms with Gasteiger partial charge in [0.1, 0.15) is 0 Å². The van der Waals surface area contributed by atoms with Gasteiger partial charge in [0.05, 0.1) is 0 Å². The lowest BCUT2D eigenvalue weighted by atomic mass is 10.2. The fraction of sp³-hybridized carbons (Fsp3) is 1.00. The maximum Gasteiger partial charge on any atom is 0.0111 e. The Balaban J connectivity index is 1.78. The van der Waals surface area contributed by atoms with E-state index in [1.807, 2.05) is 0 Å². The third-order valence-corrected chi connectivity index (χ3v) is 4.05. The van der Waals surface area contributed by atoms with Crippen LogP contribution in [0, 0.1) is 0 Å². The van der Waals surface area contributed by atoms with E-state index < -0.39 is 0 Å². The van der Waals surface area contributed by atoms with E-state index in [4.69, 9.17) is 0 Å². The monoisotopic (exact) mass is 210 g/mol. The van der Waals surface area contributed by atoms with Crippen LogP contribution >= 0.6 is 0 Å². The minimum absolute atomic E-state index is 0.809.